The van der Waals surface area contributed by atoms with Crippen molar-refractivity contribution in [1.82, 2.24) is 15.6 Å². The van der Waals surface area contributed by atoms with Crippen LogP contribution in [-0.4, -0.2) is 30.6 Å². The Morgan fingerprint density at radius 3 is 2.84 bits per heavy atom. The third-order valence-electron chi connectivity index (χ3n) is 4.31. The van der Waals surface area contributed by atoms with Gasteiger partial charge in [-0.2, -0.15) is 0 Å². The maximum Gasteiger partial charge on any atom is 0.213 e. The molecule has 0 aromatic carbocycles. The van der Waals surface area contributed by atoms with E-state index >= 15 is 0 Å². The van der Waals surface area contributed by atoms with Crippen molar-refractivity contribution < 1.29 is 4.74 Å². The molecule has 0 bridgehead atoms. The van der Waals surface area contributed by atoms with Crippen molar-refractivity contribution in [3.8, 4) is 5.88 Å². The first kappa shape index (κ1) is 17.7. The number of thiophene rings is 1. The van der Waals surface area contributed by atoms with Crippen molar-refractivity contribution in [2.45, 2.75) is 44.8 Å². The van der Waals surface area contributed by atoms with Crippen LogP contribution in [0.5, 0.6) is 5.88 Å². The van der Waals surface area contributed by atoms with Crippen LogP contribution in [0.1, 0.15) is 36.1 Å². The van der Waals surface area contributed by atoms with E-state index in [0.717, 1.165) is 43.2 Å². The van der Waals surface area contributed by atoms with Crippen molar-refractivity contribution in [3.05, 3.63) is 46.3 Å². The number of nitrogens with zero attached hydrogens (tertiary/aromatic N) is 2. The van der Waals surface area contributed by atoms with E-state index in [0.29, 0.717) is 12.6 Å². The minimum atomic E-state index is 0.350. The molecule has 1 fully saturated rings. The van der Waals surface area contributed by atoms with Gasteiger partial charge in [0.25, 0.3) is 0 Å². The summed E-state index contributed by atoms with van der Waals surface area (Å²) in [4.78, 5) is 10.1. The minimum Gasteiger partial charge on any atom is -0.474 e. The Hall–Kier alpha value is -2.08. The molecule has 2 heterocycles. The molecule has 1 aliphatic rings. The molecule has 0 spiro atoms. The van der Waals surface area contributed by atoms with Crippen LogP contribution in [0.15, 0.2) is 40.8 Å². The molecule has 5 nitrogen and oxygen atoms in total. The number of ether oxygens (including phenoxy) is 1. The summed E-state index contributed by atoms with van der Waals surface area (Å²) < 4.78 is 5.90. The number of aliphatic imine (C=N–C) groups is 1. The van der Waals surface area contributed by atoms with E-state index in [1.54, 1.807) is 18.4 Å². The first-order valence-electron chi connectivity index (χ1n) is 8.92. The number of hydrogen-bond donors (Lipinski definition) is 2. The fourth-order valence-corrected chi connectivity index (χ4v) is 3.64. The SMILES string of the molecule is CN=C(NCCc1cccs1)NCc1ccc(OC2CCCC2)nc1. The smallest absolute Gasteiger partial charge is 0.213 e. The average molecular weight is 359 g/mol. The fourth-order valence-electron chi connectivity index (χ4n) is 2.93. The lowest BCUT2D eigenvalue weighted by Gasteiger charge is -2.13. The molecule has 3 rings (SSSR count). The Labute approximate surface area is 153 Å². The van der Waals surface area contributed by atoms with Crippen LogP contribution in [0, 0.1) is 0 Å². The molecular weight excluding hydrogens is 332 g/mol. The van der Waals surface area contributed by atoms with Crippen LogP contribution >= 0.6 is 11.3 Å². The van der Waals surface area contributed by atoms with Crippen LogP contribution in [0.3, 0.4) is 0 Å². The fraction of sp³-hybridized carbons (Fsp3) is 0.474. The van der Waals surface area contributed by atoms with Gasteiger partial charge in [0.15, 0.2) is 5.96 Å². The molecule has 0 amide bonds. The van der Waals surface area contributed by atoms with Gasteiger partial charge in [0.1, 0.15) is 6.10 Å². The highest BCUT2D eigenvalue weighted by Gasteiger charge is 2.16. The summed E-state index contributed by atoms with van der Waals surface area (Å²) in [6, 6.07) is 8.26. The zero-order chi connectivity index (χ0) is 17.3. The number of hydrogen-bond acceptors (Lipinski definition) is 4. The Bertz CT molecular complexity index is 649. The highest BCUT2D eigenvalue weighted by atomic mass is 32.1. The topological polar surface area (TPSA) is 58.5 Å². The number of aromatic nitrogens is 1. The second-order valence-electron chi connectivity index (χ2n) is 6.21. The monoisotopic (exact) mass is 358 g/mol. The van der Waals surface area contributed by atoms with Gasteiger partial charge < -0.3 is 15.4 Å². The Balaban J connectivity index is 1.40. The summed E-state index contributed by atoms with van der Waals surface area (Å²) in [5, 5.41) is 8.76. The Morgan fingerprint density at radius 2 is 2.16 bits per heavy atom. The van der Waals surface area contributed by atoms with Gasteiger partial charge in [-0.1, -0.05) is 12.1 Å². The van der Waals surface area contributed by atoms with E-state index in [9.17, 15) is 0 Å². The van der Waals surface area contributed by atoms with Gasteiger partial charge in [-0.3, -0.25) is 4.99 Å². The molecule has 2 aromatic rings. The van der Waals surface area contributed by atoms with E-state index < -0.39 is 0 Å². The van der Waals surface area contributed by atoms with Gasteiger partial charge in [-0.15, -0.1) is 11.3 Å². The molecule has 2 aromatic heterocycles. The second-order valence-corrected chi connectivity index (χ2v) is 7.24. The van der Waals surface area contributed by atoms with E-state index in [-0.39, 0.29) is 0 Å². The lowest BCUT2D eigenvalue weighted by atomic mass is 10.3. The van der Waals surface area contributed by atoms with Crippen LogP contribution in [-0.2, 0) is 13.0 Å². The summed E-state index contributed by atoms with van der Waals surface area (Å²) in [6.45, 7) is 1.56. The van der Waals surface area contributed by atoms with Crippen molar-refractivity contribution >= 4 is 17.3 Å². The summed E-state index contributed by atoms with van der Waals surface area (Å²) >= 11 is 1.78. The standard InChI is InChI=1S/C19H26N4OS/c1-20-19(21-11-10-17-7-4-12-25-17)23-14-15-8-9-18(22-13-15)24-16-5-2-3-6-16/h4,7-9,12-13,16H,2-3,5-6,10-11,14H2,1H3,(H2,20,21,23). The van der Waals surface area contributed by atoms with Crippen molar-refractivity contribution in [2.24, 2.45) is 4.99 Å². The Morgan fingerprint density at radius 1 is 1.28 bits per heavy atom. The highest BCUT2D eigenvalue weighted by Crippen LogP contribution is 2.22. The quantitative estimate of drug-likeness (QED) is 0.588. The predicted octanol–water partition coefficient (Wildman–Crippen LogP) is 3.37. The number of nitrogens with one attached hydrogen (secondary N) is 2. The zero-order valence-corrected chi connectivity index (χ0v) is 15.5. The van der Waals surface area contributed by atoms with Crippen LogP contribution in [0.2, 0.25) is 0 Å². The second kappa shape index (κ2) is 9.42. The first-order chi connectivity index (χ1) is 12.3. The molecule has 0 radical (unpaired) electrons. The third kappa shape index (κ3) is 5.74. The normalized spacial score (nSPS) is 15.3. The van der Waals surface area contributed by atoms with Crippen molar-refractivity contribution in [2.75, 3.05) is 13.6 Å². The largest absolute Gasteiger partial charge is 0.474 e. The molecule has 1 saturated carbocycles. The molecule has 0 saturated heterocycles. The Kier molecular flexibility index (Phi) is 6.68. The summed E-state index contributed by atoms with van der Waals surface area (Å²) in [7, 11) is 1.79. The molecule has 134 valence electrons. The number of pyridine rings is 1. The number of rotatable bonds is 7. The van der Waals surface area contributed by atoms with E-state index in [1.807, 2.05) is 12.3 Å². The lowest BCUT2D eigenvalue weighted by Crippen LogP contribution is -2.37. The molecule has 0 atom stereocenters. The van der Waals surface area contributed by atoms with Crippen molar-refractivity contribution in [3.63, 3.8) is 0 Å². The molecule has 1 aliphatic carbocycles. The first-order valence-corrected chi connectivity index (χ1v) is 9.80. The predicted molar refractivity (Wildman–Crippen MR) is 103 cm³/mol. The van der Waals surface area contributed by atoms with Crippen molar-refractivity contribution in [1.29, 1.82) is 0 Å². The maximum absolute atomic E-state index is 5.90. The van der Waals surface area contributed by atoms with E-state index in [4.69, 9.17) is 4.74 Å². The maximum atomic E-state index is 5.90. The molecule has 0 aliphatic heterocycles. The van der Waals surface area contributed by atoms with Gasteiger partial charge in [0.2, 0.25) is 5.88 Å². The van der Waals surface area contributed by atoms with E-state index in [2.05, 4.69) is 44.2 Å². The summed E-state index contributed by atoms with van der Waals surface area (Å²) in [5.41, 5.74) is 1.11. The van der Waals surface area contributed by atoms with E-state index in [1.165, 1.54) is 17.7 Å². The molecule has 0 unspecified atom stereocenters. The minimum absolute atomic E-state index is 0.350. The molecule has 6 heteroatoms. The van der Waals surface area contributed by atoms with Gasteiger partial charge >= 0.3 is 0 Å². The van der Waals surface area contributed by atoms with Crippen LogP contribution < -0.4 is 15.4 Å². The lowest BCUT2D eigenvalue weighted by molar-refractivity contribution is 0.201. The van der Waals surface area contributed by atoms with Crippen LogP contribution in [0.4, 0.5) is 0 Å². The summed E-state index contributed by atoms with van der Waals surface area (Å²) in [5.74, 6) is 1.54. The van der Waals surface area contributed by atoms with Gasteiger partial charge in [-0.25, -0.2) is 4.98 Å². The zero-order valence-electron chi connectivity index (χ0n) is 14.7. The highest BCUT2D eigenvalue weighted by molar-refractivity contribution is 7.09. The van der Waals surface area contributed by atoms with Gasteiger partial charge in [0, 0.05) is 37.3 Å². The van der Waals surface area contributed by atoms with Crippen LogP contribution in [0.25, 0.3) is 0 Å². The van der Waals surface area contributed by atoms with Gasteiger partial charge in [0.05, 0.1) is 0 Å². The molecule has 2 N–H and O–H groups in total. The summed E-state index contributed by atoms with van der Waals surface area (Å²) in [6.07, 6.45) is 8.07. The average Bonchev–Trinajstić information content (AvgIpc) is 3.33. The number of guanidine groups is 1. The third-order valence-corrected chi connectivity index (χ3v) is 5.25. The molecule has 25 heavy (non-hydrogen) atoms. The molecular formula is C19H26N4OS. The van der Waals surface area contributed by atoms with Gasteiger partial charge in [-0.05, 0) is 49.1 Å².